The summed E-state index contributed by atoms with van der Waals surface area (Å²) in [4.78, 5) is 33.8. The first kappa shape index (κ1) is 25.7. The van der Waals surface area contributed by atoms with Crippen LogP contribution in [-0.4, -0.2) is 31.2 Å². The van der Waals surface area contributed by atoms with Crippen LogP contribution in [0.15, 0.2) is 24.3 Å². The summed E-state index contributed by atoms with van der Waals surface area (Å²) >= 11 is 5.84. The quantitative estimate of drug-likeness (QED) is 0.298. The Morgan fingerprint density at radius 2 is 1.74 bits per heavy atom. The van der Waals surface area contributed by atoms with E-state index in [0.717, 1.165) is 6.42 Å². The second kappa shape index (κ2) is 14.7. The third-order valence-corrected chi connectivity index (χ3v) is 3.69. The van der Waals surface area contributed by atoms with Crippen LogP contribution in [0.25, 0.3) is 0 Å². The van der Waals surface area contributed by atoms with Gasteiger partial charge in [-0.3, -0.25) is 4.79 Å². The van der Waals surface area contributed by atoms with E-state index in [1.54, 1.807) is 24.3 Å². The second-order valence-corrected chi connectivity index (χ2v) is 6.06. The molecule has 7 nitrogen and oxygen atoms in total. The van der Waals surface area contributed by atoms with Crippen LogP contribution in [-0.2, 0) is 19.1 Å². The van der Waals surface area contributed by atoms with Crippen molar-refractivity contribution >= 4 is 29.6 Å². The van der Waals surface area contributed by atoms with E-state index in [1.807, 2.05) is 6.92 Å². The number of carboxylic acid groups (broad SMARTS) is 1. The van der Waals surface area contributed by atoms with Gasteiger partial charge in [0.1, 0.15) is 0 Å². The molecule has 0 bridgehead atoms. The van der Waals surface area contributed by atoms with E-state index >= 15 is 0 Å². The van der Waals surface area contributed by atoms with Crippen LogP contribution in [0.3, 0.4) is 0 Å². The summed E-state index contributed by atoms with van der Waals surface area (Å²) in [5.74, 6) is -1.48. The number of amides is 1. The number of benzene rings is 1. The molecular formula is C18H23ClNNaO6. The molecule has 0 fully saturated rings. The van der Waals surface area contributed by atoms with Gasteiger partial charge >= 0.3 is 41.6 Å². The normalized spacial score (nSPS) is 11.0. The number of hydrogen-bond donors (Lipinski definition) is 1. The molecule has 0 radical (unpaired) electrons. The van der Waals surface area contributed by atoms with Crippen LogP contribution in [0.1, 0.15) is 50.6 Å². The number of ether oxygens (including phenoxy) is 2. The first-order valence-electron chi connectivity index (χ1n) is 8.46. The van der Waals surface area contributed by atoms with Crippen molar-refractivity contribution in [3.05, 3.63) is 34.9 Å². The molecule has 0 aromatic heterocycles. The fourth-order valence-corrected chi connectivity index (χ4v) is 2.28. The maximum Gasteiger partial charge on any atom is 1.00 e. The van der Waals surface area contributed by atoms with Crippen molar-refractivity contribution in [2.45, 2.75) is 45.1 Å². The number of rotatable bonds is 11. The number of aliphatic carboxylic acids is 1. The van der Waals surface area contributed by atoms with Gasteiger partial charge in [-0.2, -0.15) is 0 Å². The molecule has 0 aliphatic rings. The predicted molar refractivity (Wildman–Crippen MR) is 93.4 cm³/mol. The van der Waals surface area contributed by atoms with Crippen LogP contribution in [0, 0.1) is 0 Å². The number of esters is 1. The number of hydrogen-bond acceptors (Lipinski definition) is 6. The molecule has 1 N–H and O–H groups in total. The molecule has 0 aliphatic carbocycles. The maximum atomic E-state index is 11.9. The zero-order chi connectivity index (χ0) is 19.4. The average molecular weight is 408 g/mol. The summed E-state index contributed by atoms with van der Waals surface area (Å²) in [7, 11) is 0. The molecule has 0 aliphatic heterocycles. The first-order valence-corrected chi connectivity index (χ1v) is 8.84. The summed E-state index contributed by atoms with van der Waals surface area (Å²) in [5.41, 5.74) is 0.709. The van der Waals surface area contributed by atoms with Gasteiger partial charge in [0.05, 0.1) is 19.3 Å². The van der Waals surface area contributed by atoms with Crippen molar-refractivity contribution in [1.29, 1.82) is 0 Å². The molecule has 0 heterocycles. The van der Waals surface area contributed by atoms with E-state index < -0.39 is 18.1 Å². The third kappa shape index (κ3) is 11.9. The molecule has 1 amide bonds. The number of carbonyl (C=O) groups excluding carboxylic acids is 3. The minimum absolute atomic E-state index is 0. The van der Waals surface area contributed by atoms with Gasteiger partial charge < -0.3 is 24.7 Å². The molecule has 144 valence electrons. The fraction of sp³-hybridized carbons (Fsp3) is 0.500. The molecule has 0 saturated heterocycles. The van der Waals surface area contributed by atoms with Gasteiger partial charge in [-0.1, -0.05) is 30.7 Å². The van der Waals surface area contributed by atoms with Gasteiger partial charge in [0.15, 0.2) is 0 Å². The summed E-state index contributed by atoms with van der Waals surface area (Å²) in [6.45, 7) is 2.14. The zero-order valence-electron chi connectivity index (χ0n) is 15.7. The maximum absolute atomic E-state index is 11.9. The average Bonchev–Trinajstić information content (AvgIpc) is 2.59. The summed E-state index contributed by atoms with van der Waals surface area (Å²) < 4.78 is 9.99. The van der Waals surface area contributed by atoms with Gasteiger partial charge in [-0.25, -0.2) is 4.79 Å². The van der Waals surface area contributed by atoms with E-state index in [2.05, 4.69) is 5.32 Å². The molecule has 1 aromatic carbocycles. The van der Waals surface area contributed by atoms with E-state index in [4.69, 9.17) is 21.1 Å². The van der Waals surface area contributed by atoms with Gasteiger partial charge in [0.2, 0.25) is 0 Å². The van der Waals surface area contributed by atoms with Crippen LogP contribution in [0.4, 0.5) is 4.79 Å². The van der Waals surface area contributed by atoms with Crippen molar-refractivity contribution in [2.24, 2.45) is 0 Å². The van der Waals surface area contributed by atoms with Crippen LogP contribution >= 0.6 is 11.6 Å². The molecule has 1 atom stereocenters. The Morgan fingerprint density at radius 1 is 1.11 bits per heavy atom. The molecule has 1 aromatic rings. The van der Waals surface area contributed by atoms with Crippen LogP contribution in [0.5, 0.6) is 0 Å². The van der Waals surface area contributed by atoms with Gasteiger partial charge in [0.25, 0.3) is 0 Å². The third-order valence-electron chi connectivity index (χ3n) is 3.44. The van der Waals surface area contributed by atoms with Crippen LogP contribution < -0.4 is 40.0 Å². The second-order valence-electron chi connectivity index (χ2n) is 5.62. The van der Waals surface area contributed by atoms with Gasteiger partial charge in [-0.15, -0.1) is 0 Å². The topological polar surface area (TPSA) is 105 Å². The van der Waals surface area contributed by atoms with Gasteiger partial charge in [-0.05, 0) is 37.0 Å². The standard InChI is InChI=1S/C18H24ClNO6.Na/c1-2-4-17(23)25-11-3-12-26-18(24)20-15(9-10-16(21)22)13-5-7-14(19)8-6-13;/h5-8,15H,2-4,9-12H2,1H3,(H,20,24)(H,21,22);/q;+1/p-1. The number of alkyl carbamates (subject to hydrolysis) is 1. The minimum atomic E-state index is -1.20. The molecular weight excluding hydrogens is 385 g/mol. The zero-order valence-corrected chi connectivity index (χ0v) is 18.4. The number of halogens is 1. The van der Waals surface area contributed by atoms with Crippen molar-refractivity contribution < 1.29 is 58.5 Å². The van der Waals surface area contributed by atoms with E-state index in [1.165, 1.54) is 0 Å². The Kier molecular flexibility index (Phi) is 14.0. The summed E-state index contributed by atoms with van der Waals surface area (Å²) in [6, 6.07) is 6.17. The Balaban J connectivity index is 0.00000676. The van der Waals surface area contributed by atoms with Crippen molar-refractivity contribution in [3.8, 4) is 0 Å². The largest absolute Gasteiger partial charge is 1.00 e. The Morgan fingerprint density at radius 3 is 2.33 bits per heavy atom. The van der Waals surface area contributed by atoms with Crippen molar-refractivity contribution in [1.82, 2.24) is 5.32 Å². The summed E-state index contributed by atoms with van der Waals surface area (Å²) in [6.07, 6.45) is 0.739. The first-order chi connectivity index (χ1) is 12.4. The number of carbonyl (C=O) groups is 3. The van der Waals surface area contributed by atoms with E-state index in [-0.39, 0.29) is 61.6 Å². The number of nitrogens with one attached hydrogen (secondary N) is 1. The van der Waals surface area contributed by atoms with E-state index in [0.29, 0.717) is 23.4 Å². The fourth-order valence-electron chi connectivity index (χ4n) is 2.15. The molecule has 1 unspecified atom stereocenters. The van der Waals surface area contributed by atoms with Crippen molar-refractivity contribution in [3.63, 3.8) is 0 Å². The van der Waals surface area contributed by atoms with Crippen molar-refractivity contribution in [2.75, 3.05) is 13.2 Å². The summed E-state index contributed by atoms with van der Waals surface area (Å²) in [5, 5.41) is 13.9. The molecule has 0 spiro atoms. The van der Waals surface area contributed by atoms with E-state index in [9.17, 15) is 19.5 Å². The SMILES string of the molecule is CCCC(=O)OCCCOC(=O)NC(CCC(=O)[O-])c1ccc(Cl)cc1.[Na+]. The smallest absolute Gasteiger partial charge is 0.550 e. The predicted octanol–water partition coefficient (Wildman–Crippen LogP) is -0.625. The number of carboxylic acids is 1. The Bertz CT molecular complexity index is 596. The molecule has 1 rings (SSSR count). The molecule has 9 heteroatoms. The van der Waals surface area contributed by atoms with Crippen LogP contribution in [0.2, 0.25) is 5.02 Å². The Hall–Kier alpha value is -1.28. The Labute approximate surface area is 186 Å². The minimum Gasteiger partial charge on any atom is -0.550 e. The molecule has 0 saturated carbocycles. The molecule has 27 heavy (non-hydrogen) atoms. The monoisotopic (exact) mass is 407 g/mol. The van der Waals surface area contributed by atoms with Gasteiger partial charge in [0, 0.05) is 23.8 Å².